The van der Waals surface area contributed by atoms with Crippen LogP contribution in [0.1, 0.15) is 17.8 Å². The number of nitrogens with one attached hydrogen (secondary N) is 1. The van der Waals surface area contributed by atoms with Gasteiger partial charge in [0.1, 0.15) is 4.90 Å². The molecule has 0 atom stereocenters. The first-order valence-electron chi connectivity index (χ1n) is 7.15. The van der Waals surface area contributed by atoms with Crippen molar-refractivity contribution in [3.8, 4) is 0 Å². The van der Waals surface area contributed by atoms with E-state index in [0.29, 0.717) is 4.90 Å². The standard InChI is InChI=1S/C15H15N3O2S2/c19-22(20,15-10-21-14-6-2-1-5-13(14)15)16-9-11-8-12-4-3-7-18(12)17-11/h1-2,5-6,8,10,16H,3-4,7,9H2. The van der Waals surface area contributed by atoms with Crippen molar-refractivity contribution in [2.24, 2.45) is 0 Å². The van der Waals surface area contributed by atoms with Gasteiger partial charge in [-0.15, -0.1) is 11.3 Å². The van der Waals surface area contributed by atoms with Crippen molar-refractivity contribution in [1.82, 2.24) is 14.5 Å². The van der Waals surface area contributed by atoms with E-state index in [-0.39, 0.29) is 6.54 Å². The van der Waals surface area contributed by atoms with E-state index in [1.807, 2.05) is 35.0 Å². The molecule has 5 nitrogen and oxygen atoms in total. The number of nitrogens with zero attached hydrogens (tertiary/aromatic N) is 2. The van der Waals surface area contributed by atoms with E-state index in [1.54, 1.807) is 5.38 Å². The summed E-state index contributed by atoms with van der Waals surface area (Å²) < 4.78 is 30.6. The van der Waals surface area contributed by atoms with E-state index < -0.39 is 10.0 Å². The molecule has 0 unspecified atom stereocenters. The summed E-state index contributed by atoms with van der Waals surface area (Å²) in [6.07, 6.45) is 2.14. The molecule has 1 aliphatic heterocycles. The molecular formula is C15H15N3O2S2. The van der Waals surface area contributed by atoms with Crippen LogP contribution in [0.25, 0.3) is 10.1 Å². The van der Waals surface area contributed by atoms with Crippen LogP contribution in [0.2, 0.25) is 0 Å². The second-order valence-electron chi connectivity index (χ2n) is 5.37. The lowest BCUT2D eigenvalue weighted by atomic mass is 10.3. The average molecular weight is 333 g/mol. The van der Waals surface area contributed by atoms with Crippen LogP contribution in [-0.2, 0) is 29.5 Å². The minimum Gasteiger partial charge on any atom is -0.269 e. The number of benzene rings is 1. The lowest BCUT2D eigenvalue weighted by Crippen LogP contribution is -2.23. The molecule has 114 valence electrons. The summed E-state index contributed by atoms with van der Waals surface area (Å²) in [6.45, 7) is 1.16. The molecule has 0 amide bonds. The van der Waals surface area contributed by atoms with Crippen molar-refractivity contribution in [2.75, 3.05) is 0 Å². The Morgan fingerprint density at radius 2 is 2.18 bits per heavy atom. The molecule has 1 N–H and O–H groups in total. The Kier molecular flexibility index (Phi) is 3.28. The highest BCUT2D eigenvalue weighted by molar-refractivity contribution is 7.89. The van der Waals surface area contributed by atoms with Gasteiger partial charge in [0.2, 0.25) is 10.0 Å². The van der Waals surface area contributed by atoms with Gasteiger partial charge in [-0.3, -0.25) is 4.68 Å². The highest BCUT2D eigenvalue weighted by atomic mass is 32.2. The van der Waals surface area contributed by atoms with Gasteiger partial charge in [-0.1, -0.05) is 18.2 Å². The van der Waals surface area contributed by atoms with Gasteiger partial charge in [0.05, 0.1) is 12.2 Å². The Hall–Kier alpha value is -1.70. The third-order valence-corrected chi connectivity index (χ3v) is 6.45. The zero-order valence-electron chi connectivity index (χ0n) is 11.8. The Labute approximate surface area is 132 Å². The molecule has 3 heterocycles. The fourth-order valence-electron chi connectivity index (χ4n) is 2.81. The maximum absolute atomic E-state index is 12.5. The van der Waals surface area contributed by atoms with E-state index in [9.17, 15) is 8.42 Å². The number of rotatable bonds is 4. The lowest BCUT2D eigenvalue weighted by molar-refractivity contribution is 0.579. The number of hydrogen-bond acceptors (Lipinski definition) is 4. The third kappa shape index (κ3) is 2.35. The summed E-state index contributed by atoms with van der Waals surface area (Å²) in [5.74, 6) is 0. The van der Waals surface area contributed by atoms with E-state index in [4.69, 9.17) is 0 Å². The van der Waals surface area contributed by atoms with Gasteiger partial charge in [-0.05, 0) is 25.0 Å². The first kappa shape index (κ1) is 13.9. The second-order valence-corrected chi connectivity index (χ2v) is 8.02. The zero-order chi connectivity index (χ0) is 15.2. The molecule has 7 heteroatoms. The molecule has 1 aromatic carbocycles. The molecule has 0 radical (unpaired) electrons. The van der Waals surface area contributed by atoms with Crippen molar-refractivity contribution in [2.45, 2.75) is 30.8 Å². The summed E-state index contributed by atoms with van der Waals surface area (Å²) >= 11 is 1.44. The quantitative estimate of drug-likeness (QED) is 0.798. The smallest absolute Gasteiger partial charge is 0.242 e. The van der Waals surface area contributed by atoms with Gasteiger partial charge in [-0.2, -0.15) is 5.10 Å². The first-order valence-corrected chi connectivity index (χ1v) is 9.51. The predicted octanol–water partition coefficient (Wildman–Crippen LogP) is 2.52. The molecule has 1 aliphatic rings. The van der Waals surface area contributed by atoms with Gasteiger partial charge in [-0.25, -0.2) is 13.1 Å². The number of hydrogen-bond donors (Lipinski definition) is 1. The van der Waals surface area contributed by atoms with E-state index >= 15 is 0 Å². The molecular weight excluding hydrogens is 318 g/mol. The Balaban J connectivity index is 1.58. The van der Waals surface area contributed by atoms with Crippen LogP contribution in [0.3, 0.4) is 0 Å². The number of aromatic nitrogens is 2. The fourth-order valence-corrected chi connectivity index (χ4v) is 5.31. The fraction of sp³-hybridized carbons (Fsp3) is 0.267. The largest absolute Gasteiger partial charge is 0.269 e. The topological polar surface area (TPSA) is 64.0 Å². The molecule has 4 rings (SSSR count). The van der Waals surface area contributed by atoms with Gasteiger partial charge < -0.3 is 0 Å². The number of sulfonamides is 1. The van der Waals surface area contributed by atoms with Crippen molar-refractivity contribution in [1.29, 1.82) is 0 Å². The third-order valence-electron chi connectivity index (χ3n) is 3.90. The minimum absolute atomic E-state index is 0.229. The number of thiophene rings is 1. The molecule has 0 bridgehead atoms. The van der Waals surface area contributed by atoms with Crippen molar-refractivity contribution in [3.05, 3.63) is 47.1 Å². The maximum atomic E-state index is 12.5. The van der Waals surface area contributed by atoms with E-state index in [1.165, 1.54) is 17.0 Å². The normalized spacial score (nSPS) is 14.5. The molecule has 0 saturated carbocycles. The van der Waals surface area contributed by atoms with E-state index in [0.717, 1.165) is 35.2 Å². The molecule has 22 heavy (non-hydrogen) atoms. The second kappa shape index (κ2) is 5.19. The summed E-state index contributed by atoms with van der Waals surface area (Å²) in [7, 11) is -3.52. The zero-order valence-corrected chi connectivity index (χ0v) is 13.5. The van der Waals surface area contributed by atoms with Crippen LogP contribution in [0.5, 0.6) is 0 Å². The molecule has 0 fully saturated rings. The van der Waals surface area contributed by atoms with Crippen LogP contribution < -0.4 is 4.72 Å². The van der Waals surface area contributed by atoms with Crippen molar-refractivity contribution >= 4 is 31.4 Å². The summed E-state index contributed by atoms with van der Waals surface area (Å²) in [6, 6.07) is 9.52. The highest BCUT2D eigenvalue weighted by Crippen LogP contribution is 2.29. The van der Waals surface area contributed by atoms with Gasteiger partial charge in [0.15, 0.2) is 0 Å². The Morgan fingerprint density at radius 1 is 1.32 bits per heavy atom. The van der Waals surface area contributed by atoms with Crippen LogP contribution in [0.15, 0.2) is 40.6 Å². The van der Waals surface area contributed by atoms with E-state index in [2.05, 4.69) is 9.82 Å². The van der Waals surface area contributed by atoms with Crippen molar-refractivity contribution < 1.29 is 8.42 Å². The van der Waals surface area contributed by atoms with Gasteiger partial charge in [0, 0.05) is 27.7 Å². The van der Waals surface area contributed by atoms with Gasteiger partial charge >= 0.3 is 0 Å². The SMILES string of the molecule is O=S(=O)(NCc1cc2n(n1)CCC2)c1csc2ccccc12. The lowest BCUT2D eigenvalue weighted by Gasteiger charge is -2.04. The van der Waals surface area contributed by atoms with Crippen LogP contribution in [0.4, 0.5) is 0 Å². The Morgan fingerprint density at radius 3 is 3.05 bits per heavy atom. The minimum atomic E-state index is -3.52. The monoisotopic (exact) mass is 333 g/mol. The summed E-state index contributed by atoms with van der Waals surface area (Å²) in [5, 5.41) is 6.90. The number of fused-ring (bicyclic) bond motifs is 2. The molecule has 0 aliphatic carbocycles. The molecule has 0 saturated heterocycles. The predicted molar refractivity (Wildman–Crippen MR) is 86.4 cm³/mol. The van der Waals surface area contributed by atoms with Crippen LogP contribution >= 0.6 is 11.3 Å². The highest BCUT2D eigenvalue weighted by Gasteiger charge is 2.20. The number of aryl methyl sites for hydroxylation is 2. The van der Waals surface area contributed by atoms with Crippen molar-refractivity contribution in [3.63, 3.8) is 0 Å². The molecule has 3 aromatic rings. The molecule has 2 aromatic heterocycles. The molecule has 0 spiro atoms. The average Bonchev–Trinajstić information content (AvgIpc) is 3.19. The van der Waals surface area contributed by atoms with Gasteiger partial charge in [0.25, 0.3) is 0 Å². The Bertz CT molecular complexity index is 919. The summed E-state index contributed by atoms with van der Waals surface area (Å²) in [4.78, 5) is 0.347. The van der Waals surface area contributed by atoms with Crippen LogP contribution in [-0.4, -0.2) is 18.2 Å². The maximum Gasteiger partial charge on any atom is 0.242 e. The van der Waals surface area contributed by atoms with Crippen LogP contribution in [0, 0.1) is 0 Å². The first-order chi connectivity index (χ1) is 10.6. The summed E-state index contributed by atoms with van der Waals surface area (Å²) in [5.41, 5.74) is 1.97.